The van der Waals surface area contributed by atoms with Crippen LogP contribution in [0.4, 0.5) is 0 Å². The van der Waals surface area contributed by atoms with E-state index in [1.54, 1.807) is 23.1 Å². The Kier molecular flexibility index (Phi) is 5.20. The van der Waals surface area contributed by atoms with Crippen LogP contribution in [0.5, 0.6) is 11.5 Å². The van der Waals surface area contributed by atoms with E-state index in [0.29, 0.717) is 56.3 Å². The van der Waals surface area contributed by atoms with Crippen molar-refractivity contribution in [1.82, 2.24) is 4.90 Å². The number of amides is 1. The highest BCUT2D eigenvalue weighted by Crippen LogP contribution is 2.35. The van der Waals surface area contributed by atoms with Gasteiger partial charge in [-0.15, -0.1) is 0 Å². The molecule has 0 aliphatic carbocycles. The van der Waals surface area contributed by atoms with Crippen LogP contribution >= 0.6 is 0 Å². The van der Waals surface area contributed by atoms with E-state index in [2.05, 4.69) is 0 Å². The summed E-state index contributed by atoms with van der Waals surface area (Å²) in [4.78, 5) is 25.7. The first kappa shape index (κ1) is 16.6. The Hall–Kier alpha value is -2.28. The molecular formula is C17H21NO6. The summed E-state index contributed by atoms with van der Waals surface area (Å²) < 4.78 is 16.5. The fourth-order valence-electron chi connectivity index (χ4n) is 3.06. The Morgan fingerprint density at radius 1 is 1.12 bits per heavy atom. The molecule has 24 heavy (non-hydrogen) atoms. The molecule has 2 aliphatic heterocycles. The van der Waals surface area contributed by atoms with Gasteiger partial charge in [0, 0.05) is 25.8 Å². The molecule has 0 radical (unpaired) electrons. The van der Waals surface area contributed by atoms with E-state index < -0.39 is 5.97 Å². The smallest absolute Gasteiger partial charge is 0.305 e. The number of carboxylic acids is 1. The fraction of sp³-hybridized carbons (Fsp3) is 0.529. The lowest BCUT2D eigenvalue weighted by atomic mass is 10.0. The van der Waals surface area contributed by atoms with Crippen molar-refractivity contribution in [3.05, 3.63) is 23.8 Å². The van der Waals surface area contributed by atoms with Crippen LogP contribution in [-0.2, 0) is 9.53 Å². The Morgan fingerprint density at radius 3 is 2.62 bits per heavy atom. The Morgan fingerprint density at radius 2 is 1.88 bits per heavy atom. The van der Waals surface area contributed by atoms with E-state index in [1.807, 2.05) is 0 Å². The first-order valence-corrected chi connectivity index (χ1v) is 8.16. The Labute approximate surface area is 140 Å². The normalized spacial score (nSPS) is 17.3. The van der Waals surface area contributed by atoms with Crippen molar-refractivity contribution in [2.75, 3.05) is 33.0 Å². The molecule has 2 heterocycles. The Bertz CT molecular complexity index is 611. The van der Waals surface area contributed by atoms with Gasteiger partial charge >= 0.3 is 5.97 Å². The van der Waals surface area contributed by atoms with Gasteiger partial charge in [0.2, 0.25) is 0 Å². The van der Waals surface area contributed by atoms with Gasteiger partial charge in [-0.3, -0.25) is 9.59 Å². The first-order chi connectivity index (χ1) is 11.7. The van der Waals surface area contributed by atoms with E-state index in [0.717, 1.165) is 0 Å². The quantitative estimate of drug-likeness (QED) is 0.879. The van der Waals surface area contributed by atoms with Crippen LogP contribution in [0, 0.1) is 0 Å². The highest BCUT2D eigenvalue weighted by molar-refractivity contribution is 5.98. The van der Waals surface area contributed by atoms with Gasteiger partial charge < -0.3 is 24.2 Å². The molecule has 0 spiro atoms. The third-order valence-electron chi connectivity index (χ3n) is 4.26. The zero-order valence-corrected chi connectivity index (χ0v) is 13.4. The van der Waals surface area contributed by atoms with Gasteiger partial charge in [-0.2, -0.15) is 0 Å². The SMILES string of the molecule is O=C(O)CCN(C(=O)c1cccc2c1OCCO2)C1CCOCC1. The topological polar surface area (TPSA) is 85.3 Å². The second-order valence-electron chi connectivity index (χ2n) is 5.82. The van der Waals surface area contributed by atoms with Gasteiger partial charge in [0.15, 0.2) is 11.5 Å². The predicted octanol–water partition coefficient (Wildman–Crippen LogP) is 1.55. The number of carboxylic acid groups (broad SMARTS) is 1. The number of benzene rings is 1. The van der Waals surface area contributed by atoms with Crippen molar-refractivity contribution >= 4 is 11.9 Å². The molecule has 1 aromatic carbocycles. The summed E-state index contributed by atoms with van der Waals surface area (Å²) in [6.45, 7) is 2.17. The van der Waals surface area contributed by atoms with E-state index >= 15 is 0 Å². The van der Waals surface area contributed by atoms with Crippen molar-refractivity contribution in [1.29, 1.82) is 0 Å². The van der Waals surface area contributed by atoms with E-state index in [9.17, 15) is 9.59 Å². The molecule has 0 aromatic heterocycles. The molecule has 7 heteroatoms. The number of para-hydroxylation sites is 1. The molecule has 0 unspecified atom stereocenters. The van der Waals surface area contributed by atoms with Crippen molar-refractivity contribution < 1.29 is 28.9 Å². The minimum absolute atomic E-state index is 0.0223. The second-order valence-corrected chi connectivity index (χ2v) is 5.82. The van der Waals surface area contributed by atoms with Crippen molar-refractivity contribution in [3.63, 3.8) is 0 Å². The summed E-state index contributed by atoms with van der Waals surface area (Å²) in [5, 5.41) is 9.00. The molecule has 1 saturated heterocycles. The van der Waals surface area contributed by atoms with Crippen LogP contribution in [0.1, 0.15) is 29.6 Å². The molecule has 1 fully saturated rings. The molecule has 130 valence electrons. The average molecular weight is 335 g/mol. The number of carbonyl (C=O) groups excluding carboxylic acids is 1. The standard InChI is InChI=1S/C17H21NO6/c19-15(20)4-7-18(12-5-8-22-9-6-12)17(21)13-2-1-3-14-16(13)24-11-10-23-14/h1-3,12H,4-11H2,(H,19,20). The van der Waals surface area contributed by atoms with Crippen LogP contribution in [-0.4, -0.2) is 60.9 Å². The molecule has 0 atom stereocenters. The zero-order chi connectivity index (χ0) is 16.9. The molecule has 1 amide bonds. The number of carbonyl (C=O) groups is 2. The summed E-state index contributed by atoms with van der Waals surface area (Å²) in [5.74, 6) is -0.140. The van der Waals surface area contributed by atoms with E-state index in [4.69, 9.17) is 19.3 Å². The van der Waals surface area contributed by atoms with Crippen LogP contribution in [0.15, 0.2) is 18.2 Å². The van der Waals surface area contributed by atoms with Gasteiger partial charge in [0.1, 0.15) is 13.2 Å². The largest absolute Gasteiger partial charge is 0.486 e. The minimum atomic E-state index is -0.922. The average Bonchev–Trinajstić information content (AvgIpc) is 2.62. The van der Waals surface area contributed by atoms with Gasteiger partial charge in [-0.05, 0) is 25.0 Å². The number of nitrogens with zero attached hydrogens (tertiary/aromatic N) is 1. The lowest BCUT2D eigenvalue weighted by Gasteiger charge is -2.34. The molecule has 0 saturated carbocycles. The number of fused-ring (bicyclic) bond motifs is 1. The fourth-order valence-corrected chi connectivity index (χ4v) is 3.06. The third kappa shape index (κ3) is 3.62. The minimum Gasteiger partial charge on any atom is -0.486 e. The third-order valence-corrected chi connectivity index (χ3v) is 4.26. The Balaban J connectivity index is 1.86. The predicted molar refractivity (Wildman–Crippen MR) is 84.6 cm³/mol. The molecule has 2 aliphatic rings. The molecule has 0 bridgehead atoms. The summed E-state index contributed by atoms with van der Waals surface area (Å²) in [5.41, 5.74) is 0.420. The van der Waals surface area contributed by atoms with Crippen molar-refractivity contribution in [2.24, 2.45) is 0 Å². The molecule has 3 rings (SSSR count). The first-order valence-electron chi connectivity index (χ1n) is 8.16. The molecule has 1 aromatic rings. The maximum Gasteiger partial charge on any atom is 0.305 e. The second kappa shape index (κ2) is 7.53. The van der Waals surface area contributed by atoms with E-state index in [1.165, 1.54) is 0 Å². The number of ether oxygens (including phenoxy) is 3. The number of aliphatic carboxylic acids is 1. The van der Waals surface area contributed by atoms with Gasteiger partial charge in [0.05, 0.1) is 12.0 Å². The van der Waals surface area contributed by atoms with Gasteiger partial charge in [-0.1, -0.05) is 6.07 Å². The summed E-state index contributed by atoms with van der Waals surface area (Å²) in [7, 11) is 0. The van der Waals surface area contributed by atoms with Crippen LogP contribution in [0.25, 0.3) is 0 Å². The monoisotopic (exact) mass is 335 g/mol. The summed E-state index contributed by atoms with van der Waals surface area (Å²) in [6, 6.07) is 5.19. The lowest BCUT2D eigenvalue weighted by molar-refractivity contribution is -0.137. The van der Waals surface area contributed by atoms with Crippen LogP contribution in [0.3, 0.4) is 0 Å². The maximum absolute atomic E-state index is 13.1. The van der Waals surface area contributed by atoms with Crippen LogP contribution in [0.2, 0.25) is 0 Å². The maximum atomic E-state index is 13.1. The highest BCUT2D eigenvalue weighted by Gasteiger charge is 2.30. The number of hydrogen-bond acceptors (Lipinski definition) is 5. The zero-order valence-electron chi connectivity index (χ0n) is 13.4. The van der Waals surface area contributed by atoms with Gasteiger partial charge in [0.25, 0.3) is 5.91 Å². The van der Waals surface area contributed by atoms with Crippen LogP contribution < -0.4 is 9.47 Å². The highest BCUT2D eigenvalue weighted by atomic mass is 16.6. The lowest BCUT2D eigenvalue weighted by Crippen LogP contribution is -2.44. The number of hydrogen-bond donors (Lipinski definition) is 1. The number of rotatable bonds is 5. The van der Waals surface area contributed by atoms with Crippen molar-refractivity contribution in [3.8, 4) is 11.5 Å². The van der Waals surface area contributed by atoms with E-state index in [-0.39, 0.29) is 24.9 Å². The van der Waals surface area contributed by atoms with Gasteiger partial charge in [-0.25, -0.2) is 0 Å². The summed E-state index contributed by atoms with van der Waals surface area (Å²) >= 11 is 0. The molecule has 7 nitrogen and oxygen atoms in total. The molecule has 1 N–H and O–H groups in total. The summed E-state index contributed by atoms with van der Waals surface area (Å²) in [6.07, 6.45) is 1.32. The molecular weight excluding hydrogens is 314 g/mol. The van der Waals surface area contributed by atoms with Crippen molar-refractivity contribution in [2.45, 2.75) is 25.3 Å².